The first-order valence-corrected chi connectivity index (χ1v) is 8.40. The maximum absolute atomic E-state index is 12.9. The molecule has 0 saturated carbocycles. The number of benzene rings is 1. The smallest absolute Gasteiger partial charge is 0.244 e. The van der Waals surface area contributed by atoms with Crippen LogP contribution >= 0.6 is 0 Å². The highest BCUT2D eigenvalue weighted by molar-refractivity contribution is 5.97. The zero-order valence-electron chi connectivity index (χ0n) is 15.7. The van der Waals surface area contributed by atoms with E-state index in [2.05, 4.69) is 11.4 Å². The summed E-state index contributed by atoms with van der Waals surface area (Å²) in [5.74, 6) is -0.259. The first-order chi connectivity index (χ1) is 11.7. The zero-order valence-corrected chi connectivity index (χ0v) is 15.7. The topological polar surface area (TPSA) is 76.4 Å². The third-order valence-corrected chi connectivity index (χ3v) is 3.71. The van der Waals surface area contributed by atoms with Crippen LogP contribution in [0, 0.1) is 11.3 Å². The van der Waals surface area contributed by atoms with E-state index in [4.69, 9.17) is 5.26 Å². The summed E-state index contributed by atoms with van der Waals surface area (Å²) < 4.78 is 0. The van der Waals surface area contributed by atoms with Gasteiger partial charge in [-0.1, -0.05) is 18.2 Å². The van der Waals surface area contributed by atoms with Gasteiger partial charge in [0.15, 0.2) is 0 Å². The van der Waals surface area contributed by atoms with Crippen LogP contribution in [0.25, 0.3) is 0 Å². The average Bonchev–Trinajstić information content (AvgIpc) is 2.53. The number of carbonyl (C=O) groups is 2. The SMILES string of the molecule is CC(C(=O)N(CCC#N)c1ccccc1)N(C)CC(=O)NC(C)(C)C. The fourth-order valence-corrected chi connectivity index (χ4v) is 2.37. The zero-order chi connectivity index (χ0) is 19.0. The number of hydrogen-bond acceptors (Lipinski definition) is 4. The standard InChI is InChI=1S/C19H28N4O2/c1-15(22(5)14-17(24)21-19(2,3)4)18(25)23(13-9-12-20)16-10-7-6-8-11-16/h6-8,10-11,15H,9,13-14H2,1-5H3,(H,21,24). The van der Waals surface area contributed by atoms with Crippen molar-refractivity contribution in [2.45, 2.75) is 45.7 Å². The second-order valence-corrected chi connectivity index (χ2v) is 7.12. The number of anilines is 1. The second kappa shape index (κ2) is 9.19. The van der Waals surface area contributed by atoms with E-state index in [-0.39, 0.29) is 30.3 Å². The summed E-state index contributed by atoms with van der Waals surface area (Å²) in [5, 5.41) is 11.8. The number of rotatable bonds is 7. The summed E-state index contributed by atoms with van der Waals surface area (Å²) in [6, 6.07) is 10.9. The highest BCUT2D eigenvalue weighted by Crippen LogP contribution is 2.16. The lowest BCUT2D eigenvalue weighted by atomic mass is 10.1. The van der Waals surface area contributed by atoms with Crippen LogP contribution in [0.3, 0.4) is 0 Å². The summed E-state index contributed by atoms with van der Waals surface area (Å²) in [6.45, 7) is 7.97. The van der Waals surface area contributed by atoms with Crippen molar-refractivity contribution in [1.82, 2.24) is 10.2 Å². The number of amides is 2. The van der Waals surface area contributed by atoms with Crippen LogP contribution in [0.1, 0.15) is 34.1 Å². The molecule has 1 aromatic rings. The van der Waals surface area contributed by atoms with E-state index in [1.54, 1.807) is 23.8 Å². The molecule has 25 heavy (non-hydrogen) atoms. The van der Waals surface area contributed by atoms with Gasteiger partial charge < -0.3 is 10.2 Å². The molecule has 0 bridgehead atoms. The first-order valence-electron chi connectivity index (χ1n) is 8.40. The number of likely N-dealkylation sites (N-methyl/N-ethyl adjacent to an activating group) is 1. The van der Waals surface area contributed by atoms with Crippen molar-refractivity contribution in [3.63, 3.8) is 0 Å². The van der Waals surface area contributed by atoms with Crippen LogP contribution in [0.15, 0.2) is 30.3 Å². The van der Waals surface area contributed by atoms with Crippen LogP contribution in [-0.4, -0.2) is 48.4 Å². The van der Waals surface area contributed by atoms with Gasteiger partial charge in [0.1, 0.15) is 0 Å². The minimum Gasteiger partial charge on any atom is -0.350 e. The van der Waals surface area contributed by atoms with E-state index in [0.717, 1.165) is 5.69 Å². The Morgan fingerprint density at radius 3 is 2.36 bits per heavy atom. The van der Waals surface area contributed by atoms with Gasteiger partial charge in [-0.3, -0.25) is 14.5 Å². The molecule has 2 amide bonds. The minimum absolute atomic E-state index is 0.127. The first kappa shape index (κ1) is 20.7. The van der Waals surface area contributed by atoms with Gasteiger partial charge in [0, 0.05) is 17.8 Å². The van der Waals surface area contributed by atoms with E-state index < -0.39 is 6.04 Å². The lowest BCUT2D eigenvalue weighted by Gasteiger charge is -2.30. The number of hydrogen-bond donors (Lipinski definition) is 1. The Kier molecular flexibility index (Phi) is 7.59. The van der Waals surface area contributed by atoms with Crippen molar-refractivity contribution in [2.75, 3.05) is 25.0 Å². The minimum atomic E-state index is -0.482. The highest BCUT2D eigenvalue weighted by atomic mass is 16.2. The highest BCUT2D eigenvalue weighted by Gasteiger charge is 2.26. The van der Waals surface area contributed by atoms with Gasteiger partial charge in [-0.25, -0.2) is 0 Å². The van der Waals surface area contributed by atoms with Gasteiger partial charge in [-0.2, -0.15) is 5.26 Å². The van der Waals surface area contributed by atoms with Crippen molar-refractivity contribution in [3.8, 4) is 6.07 Å². The fraction of sp³-hybridized carbons (Fsp3) is 0.526. The Morgan fingerprint density at radius 1 is 1.24 bits per heavy atom. The predicted octanol–water partition coefficient (Wildman–Crippen LogP) is 2.17. The molecule has 136 valence electrons. The monoisotopic (exact) mass is 344 g/mol. The largest absolute Gasteiger partial charge is 0.350 e. The van der Waals surface area contributed by atoms with Gasteiger partial charge in [0.05, 0.1) is 25.1 Å². The summed E-state index contributed by atoms with van der Waals surface area (Å²) in [4.78, 5) is 28.3. The van der Waals surface area contributed by atoms with Crippen molar-refractivity contribution < 1.29 is 9.59 Å². The van der Waals surface area contributed by atoms with E-state index in [0.29, 0.717) is 6.54 Å². The Bertz CT molecular complexity index is 617. The summed E-state index contributed by atoms with van der Waals surface area (Å²) in [7, 11) is 1.75. The maximum atomic E-state index is 12.9. The van der Waals surface area contributed by atoms with Gasteiger partial charge in [0.25, 0.3) is 0 Å². The molecule has 0 aliphatic rings. The van der Waals surface area contributed by atoms with Crippen LogP contribution in [0.5, 0.6) is 0 Å². The number of nitrogens with one attached hydrogen (secondary N) is 1. The summed E-state index contributed by atoms with van der Waals surface area (Å²) >= 11 is 0. The molecule has 6 nitrogen and oxygen atoms in total. The molecule has 6 heteroatoms. The second-order valence-electron chi connectivity index (χ2n) is 7.12. The Labute approximate surface area is 150 Å². The molecule has 0 fully saturated rings. The lowest BCUT2D eigenvalue weighted by molar-refractivity contribution is -0.126. The third-order valence-electron chi connectivity index (χ3n) is 3.71. The van der Waals surface area contributed by atoms with E-state index in [9.17, 15) is 9.59 Å². The van der Waals surface area contributed by atoms with Crippen LogP contribution < -0.4 is 10.2 Å². The van der Waals surface area contributed by atoms with Crippen LogP contribution in [0.2, 0.25) is 0 Å². The van der Waals surface area contributed by atoms with Crippen molar-refractivity contribution in [1.29, 1.82) is 5.26 Å². The Morgan fingerprint density at radius 2 is 1.84 bits per heavy atom. The molecule has 1 atom stereocenters. The number of nitriles is 1. The molecular formula is C19H28N4O2. The van der Waals surface area contributed by atoms with E-state index in [1.165, 1.54) is 0 Å². The number of carbonyl (C=O) groups excluding carboxylic acids is 2. The van der Waals surface area contributed by atoms with Gasteiger partial charge in [0.2, 0.25) is 11.8 Å². The Hall–Kier alpha value is -2.39. The molecule has 0 aliphatic heterocycles. The lowest BCUT2D eigenvalue weighted by Crippen LogP contribution is -2.51. The molecule has 0 aliphatic carbocycles. The fourth-order valence-electron chi connectivity index (χ4n) is 2.37. The van der Waals surface area contributed by atoms with Crippen molar-refractivity contribution in [2.24, 2.45) is 0 Å². The van der Waals surface area contributed by atoms with E-state index >= 15 is 0 Å². The predicted molar refractivity (Wildman–Crippen MR) is 99.0 cm³/mol. The van der Waals surface area contributed by atoms with Crippen LogP contribution in [-0.2, 0) is 9.59 Å². The maximum Gasteiger partial charge on any atom is 0.244 e. The van der Waals surface area contributed by atoms with Gasteiger partial charge in [-0.05, 0) is 46.9 Å². The Balaban J connectivity index is 2.82. The van der Waals surface area contributed by atoms with Crippen molar-refractivity contribution >= 4 is 17.5 Å². The molecular weight excluding hydrogens is 316 g/mol. The van der Waals surface area contributed by atoms with Gasteiger partial charge >= 0.3 is 0 Å². The molecule has 1 rings (SSSR count). The average molecular weight is 344 g/mol. The molecule has 1 N–H and O–H groups in total. The van der Waals surface area contributed by atoms with Gasteiger partial charge in [-0.15, -0.1) is 0 Å². The van der Waals surface area contributed by atoms with E-state index in [1.807, 2.05) is 51.1 Å². The molecule has 0 saturated heterocycles. The quantitative estimate of drug-likeness (QED) is 0.822. The van der Waals surface area contributed by atoms with Crippen LogP contribution in [0.4, 0.5) is 5.69 Å². The van der Waals surface area contributed by atoms with Crippen molar-refractivity contribution in [3.05, 3.63) is 30.3 Å². The summed E-state index contributed by atoms with van der Waals surface area (Å²) in [6.07, 6.45) is 0.252. The molecule has 1 unspecified atom stereocenters. The molecule has 0 radical (unpaired) electrons. The molecule has 0 heterocycles. The number of para-hydroxylation sites is 1. The summed E-state index contributed by atoms with van der Waals surface area (Å²) in [5.41, 5.74) is 0.441. The molecule has 1 aromatic carbocycles. The molecule has 0 spiro atoms. The number of nitrogens with zero attached hydrogens (tertiary/aromatic N) is 3. The normalized spacial score (nSPS) is 12.4. The third kappa shape index (κ3) is 6.94. The molecule has 0 aromatic heterocycles.